The normalized spacial score (nSPS) is 19.2. The summed E-state index contributed by atoms with van der Waals surface area (Å²) in [4.78, 5) is 16.7. The minimum Gasteiger partial charge on any atom is -0.490 e. The predicted molar refractivity (Wildman–Crippen MR) is 122 cm³/mol. The molecule has 1 aliphatic carbocycles. The number of amides is 1. The Morgan fingerprint density at radius 1 is 1.13 bits per heavy atom. The molecule has 1 N–H and O–H groups in total. The number of carbonyl (C=O) groups is 1. The van der Waals surface area contributed by atoms with Crippen molar-refractivity contribution in [3.05, 3.63) is 53.8 Å². The summed E-state index contributed by atoms with van der Waals surface area (Å²) in [6.45, 7) is 1.65. The van der Waals surface area contributed by atoms with E-state index in [1.54, 1.807) is 12.1 Å². The highest BCUT2D eigenvalue weighted by molar-refractivity contribution is 5.92. The molecule has 1 atom stereocenters. The zero-order chi connectivity index (χ0) is 21.8. The molecule has 1 heterocycles. The van der Waals surface area contributed by atoms with Crippen LogP contribution >= 0.6 is 0 Å². The molecule has 166 valence electrons. The van der Waals surface area contributed by atoms with Crippen LogP contribution in [0.3, 0.4) is 0 Å². The third-order valence-electron chi connectivity index (χ3n) is 6.36. The first-order valence-corrected chi connectivity index (χ1v) is 11.2. The molecule has 0 aromatic heterocycles. The Hall–Kier alpha value is -2.60. The van der Waals surface area contributed by atoms with Gasteiger partial charge in [0.25, 0.3) is 0 Å². The van der Waals surface area contributed by atoms with Gasteiger partial charge in [0.1, 0.15) is 11.6 Å². The number of ether oxygens (including phenoxy) is 1. The summed E-state index contributed by atoms with van der Waals surface area (Å²) >= 11 is 0. The summed E-state index contributed by atoms with van der Waals surface area (Å²) < 4.78 is 20.7. The number of rotatable bonds is 7. The van der Waals surface area contributed by atoms with Gasteiger partial charge in [-0.25, -0.2) is 4.39 Å². The molecule has 2 fully saturated rings. The summed E-state index contributed by atoms with van der Waals surface area (Å²) in [5, 5.41) is 2.81. The molecule has 2 aromatic carbocycles. The highest BCUT2D eigenvalue weighted by Crippen LogP contribution is 2.28. The second kappa shape index (κ2) is 9.69. The molecule has 1 aliphatic heterocycles. The number of benzene rings is 2. The van der Waals surface area contributed by atoms with Crippen molar-refractivity contribution < 1.29 is 13.9 Å². The maximum Gasteiger partial charge on any atom is 0.228 e. The average Bonchev–Trinajstić information content (AvgIpc) is 3.42. The molecule has 4 rings (SSSR count). The predicted octanol–water partition coefficient (Wildman–Crippen LogP) is 4.47. The van der Waals surface area contributed by atoms with Gasteiger partial charge in [-0.15, -0.1) is 0 Å². The number of nitrogens with one attached hydrogen (secondary N) is 1. The van der Waals surface area contributed by atoms with Crippen LogP contribution in [-0.2, 0) is 11.2 Å². The van der Waals surface area contributed by atoms with Gasteiger partial charge in [0.05, 0.1) is 18.2 Å². The lowest BCUT2D eigenvalue weighted by Gasteiger charge is -2.22. The van der Waals surface area contributed by atoms with E-state index >= 15 is 0 Å². The van der Waals surface area contributed by atoms with Crippen molar-refractivity contribution in [3.63, 3.8) is 0 Å². The van der Waals surface area contributed by atoms with E-state index in [-0.39, 0.29) is 18.1 Å². The van der Waals surface area contributed by atoms with E-state index in [1.165, 1.54) is 18.9 Å². The van der Waals surface area contributed by atoms with E-state index in [9.17, 15) is 9.18 Å². The monoisotopic (exact) mass is 425 g/mol. The van der Waals surface area contributed by atoms with Crippen LogP contribution in [0.5, 0.6) is 5.75 Å². The van der Waals surface area contributed by atoms with E-state index < -0.39 is 0 Å². The fourth-order valence-corrected chi connectivity index (χ4v) is 4.50. The van der Waals surface area contributed by atoms with Gasteiger partial charge < -0.3 is 19.9 Å². The zero-order valence-electron chi connectivity index (χ0n) is 18.4. The van der Waals surface area contributed by atoms with Crippen LogP contribution in [0.15, 0.2) is 42.5 Å². The number of hydrogen-bond acceptors (Lipinski definition) is 4. The molecule has 1 amide bonds. The van der Waals surface area contributed by atoms with E-state index in [0.29, 0.717) is 23.5 Å². The third kappa shape index (κ3) is 5.56. The number of nitrogens with zero attached hydrogens (tertiary/aromatic N) is 2. The number of hydrogen-bond donors (Lipinski definition) is 1. The van der Waals surface area contributed by atoms with E-state index in [2.05, 4.69) is 29.2 Å². The van der Waals surface area contributed by atoms with Crippen molar-refractivity contribution in [1.82, 2.24) is 4.90 Å². The molecule has 1 saturated heterocycles. The maximum atomic E-state index is 14.7. The molecule has 0 bridgehead atoms. The fraction of sp³-hybridized carbons (Fsp3) is 0.480. The topological polar surface area (TPSA) is 44.8 Å². The Morgan fingerprint density at radius 2 is 1.87 bits per heavy atom. The van der Waals surface area contributed by atoms with Crippen molar-refractivity contribution >= 4 is 17.3 Å². The quantitative estimate of drug-likeness (QED) is 0.711. The highest BCUT2D eigenvalue weighted by atomic mass is 19.1. The van der Waals surface area contributed by atoms with Gasteiger partial charge in [-0.05, 0) is 82.1 Å². The second-order valence-corrected chi connectivity index (χ2v) is 8.91. The van der Waals surface area contributed by atoms with Crippen LogP contribution in [-0.4, -0.2) is 50.1 Å². The first-order valence-electron chi connectivity index (χ1n) is 11.2. The Bertz CT molecular complexity index is 894. The van der Waals surface area contributed by atoms with Crippen molar-refractivity contribution in [2.75, 3.05) is 37.4 Å². The Morgan fingerprint density at radius 3 is 2.52 bits per heavy atom. The molecule has 31 heavy (non-hydrogen) atoms. The third-order valence-corrected chi connectivity index (χ3v) is 6.36. The minimum atomic E-state index is -0.300. The largest absolute Gasteiger partial charge is 0.490 e. The van der Waals surface area contributed by atoms with Gasteiger partial charge >= 0.3 is 0 Å². The van der Waals surface area contributed by atoms with Crippen LogP contribution in [0, 0.1) is 5.82 Å². The lowest BCUT2D eigenvalue weighted by atomic mass is 10.1. The number of likely N-dealkylation sites (N-methyl/N-ethyl adjacent to an activating group) is 1. The first-order chi connectivity index (χ1) is 15.0. The molecule has 0 radical (unpaired) electrons. The number of anilines is 2. The summed E-state index contributed by atoms with van der Waals surface area (Å²) in [5.74, 6) is 0.392. The average molecular weight is 426 g/mol. The van der Waals surface area contributed by atoms with Crippen LogP contribution in [0.25, 0.3) is 0 Å². The Labute approximate surface area is 184 Å². The molecule has 1 saturated carbocycles. The van der Waals surface area contributed by atoms with Gasteiger partial charge in [-0.1, -0.05) is 12.1 Å². The maximum absolute atomic E-state index is 14.7. The van der Waals surface area contributed by atoms with E-state index in [4.69, 9.17) is 4.74 Å². The van der Waals surface area contributed by atoms with Gasteiger partial charge in [0.2, 0.25) is 5.91 Å². The smallest absolute Gasteiger partial charge is 0.228 e. The van der Waals surface area contributed by atoms with E-state index in [0.717, 1.165) is 43.7 Å². The van der Waals surface area contributed by atoms with Crippen molar-refractivity contribution in [1.29, 1.82) is 0 Å². The van der Waals surface area contributed by atoms with Gasteiger partial charge in [-0.3, -0.25) is 4.79 Å². The summed E-state index contributed by atoms with van der Waals surface area (Å²) in [5.41, 5.74) is 1.98. The van der Waals surface area contributed by atoms with Gasteiger partial charge in [0.15, 0.2) is 0 Å². The van der Waals surface area contributed by atoms with E-state index in [1.807, 2.05) is 24.3 Å². The van der Waals surface area contributed by atoms with Crippen LogP contribution in [0.4, 0.5) is 15.8 Å². The Kier molecular flexibility index (Phi) is 6.76. The number of carbonyl (C=O) groups excluding carboxylic acids is 1. The summed E-state index contributed by atoms with van der Waals surface area (Å²) in [6, 6.07) is 13.1. The van der Waals surface area contributed by atoms with Gasteiger partial charge in [0, 0.05) is 24.8 Å². The fourth-order valence-electron chi connectivity index (χ4n) is 4.50. The van der Waals surface area contributed by atoms with Crippen molar-refractivity contribution in [2.24, 2.45) is 0 Å². The standard InChI is InChI=1S/C25H32FN3O2/c1-28(2)20-13-14-29(17-20)24-12-9-19(16-23(24)26)27-25(30)15-18-7-10-22(11-8-18)31-21-5-3-4-6-21/h7-12,16,20-21H,3-6,13-15,17H2,1-2H3,(H,27,30). The molecule has 2 aromatic rings. The summed E-state index contributed by atoms with van der Waals surface area (Å²) in [7, 11) is 4.11. The SMILES string of the molecule is CN(C)C1CCN(c2ccc(NC(=O)Cc3ccc(OC4CCCC4)cc3)cc2F)C1. The summed E-state index contributed by atoms with van der Waals surface area (Å²) in [6.07, 6.45) is 6.29. The first kappa shape index (κ1) is 21.6. The number of halogens is 1. The van der Waals surface area contributed by atoms with Crippen LogP contribution in [0.1, 0.15) is 37.7 Å². The van der Waals surface area contributed by atoms with Gasteiger partial charge in [-0.2, -0.15) is 0 Å². The minimum absolute atomic E-state index is 0.162. The highest BCUT2D eigenvalue weighted by Gasteiger charge is 2.26. The molecule has 1 unspecified atom stereocenters. The molecule has 5 nitrogen and oxygen atoms in total. The molecule has 0 spiro atoms. The molecule has 2 aliphatic rings. The zero-order valence-corrected chi connectivity index (χ0v) is 18.4. The van der Waals surface area contributed by atoms with Crippen molar-refractivity contribution in [3.8, 4) is 5.75 Å². The second-order valence-electron chi connectivity index (χ2n) is 8.91. The molecular weight excluding hydrogens is 393 g/mol. The molecular formula is C25H32FN3O2. The molecule has 6 heteroatoms. The lowest BCUT2D eigenvalue weighted by molar-refractivity contribution is -0.115. The van der Waals surface area contributed by atoms with Crippen LogP contribution in [0.2, 0.25) is 0 Å². The van der Waals surface area contributed by atoms with Crippen molar-refractivity contribution in [2.45, 2.75) is 50.7 Å². The Balaban J connectivity index is 1.30. The van der Waals surface area contributed by atoms with Crippen LogP contribution < -0.4 is 15.0 Å². The lowest BCUT2D eigenvalue weighted by Crippen LogP contribution is -2.31.